The van der Waals surface area contributed by atoms with E-state index in [9.17, 15) is 0 Å². The fourth-order valence-electron chi connectivity index (χ4n) is 5.66. The van der Waals surface area contributed by atoms with Crippen LogP contribution < -0.4 is 0 Å². The SMILES string of the molecule is [2H]C([2H])(c1ccc(-c2ccnc(-c3[c-]ccc4c3oc3c5ccccc5ccc43)c2)cc1)C(C)(C)C.[Ir].[c-]1ccccc1-c1ccccn1. The number of nitrogens with zero attached hydrogens (tertiary/aromatic N) is 2. The van der Waals surface area contributed by atoms with Crippen molar-refractivity contribution in [2.75, 3.05) is 0 Å². The molecule has 0 amide bonds. The van der Waals surface area contributed by atoms with E-state index in [1.54, 1.807) is 12.4 Å². The maximum atomic E-state index is 8.56. The molecular formula is C43H34IrN2O-2. The third-order valence-electron chi connectivity index (χ3n) is 7.73. The molecule has 0 bridgehead atoms. The molecule has 0 spiro atoms. The first kappa shape index (κ1) is 29.5. The van der Waals surface area contributed by atoms with Gasteiger partial charge < -0.3 is 14.4 Å². The van der Waals surface area contributed by atoms with Crippen molar-refractivity contribution in [2.24, 2.45) is 5.41 Å². The van der Waals surface area contributed by atoms with E-state index in [0.717, 1.165) is 66.4 Å². The van der Waals surface area contributed by atoms with Crippen LogP contribution in [-0.2, 0) is 26.5 Å². The quantitative estimate of drug-likeness (QED) is 0.167. The molecule has 0 aliphatic heterocycles. The molecule has 3 nitrogen and oxygen atoms in total. The van der Waals surface area contributed by atoms with E-state index in [1.807, 2.05) is 124 Å². The second-order valence-electron chi connectivity index (χ2n) is 12.2. The van der Waals surface area contributed by atoms with Crippen molar-refractivity contribution in [3.8, 4) is 33.6 Å². The molecule has 3 heterocycles. The summed E-state index contributed by atoms with van der Waals surface area (Å²) >= 11 is 0. The summed E-state index contributed by atoms with van der Waals surface area (Å²) in [5.41, 5.74) is 7.49. The van der Waals surface area contributed by atoms with Gasteiger partial charge in [-0.3, -0.25) is 0 Å². The van der Waals surface area contributed by atoms with Gasteiger partial charge >= 0.3 is 0 Å². The second kappa shape index (κ2) is 13.8. The number of fused-ring (bicyclic) bond motifs is 5. The molecule has 0 aliphatic carbocycles. The van der Waals surface area contributed by atoms with Gasteiger partial charge in [-0.2, -0.15) is 0 Å². The smallest absolute Gasteiger partial charge is 0.128 e. The molecule has 47 heavy (non-hydrogen) atoms. The van der Waals surface area contributed by atoms with Crippen LogP contribution in [-0.4, -0.2) is 9.97 Å². The minimum Gasteiger partial charge on any atom is -0.500 e. The predicted molar refractivity (Wildman–Crippen MR) is 190 cm³/mol. The Morgan fingerprint density at radius 2 is 1.40 bits per heavy atom. The van der Waals surface area contributed by atoms with Crippen molar-refractivity contribution in [2.45, 2.75) is 27.1 Å². The summed E-state index contributed by atoms with van der Waals surface area (Å²) in [6, 6.07) is 48.4. The second-order valence-corrected chi connectivity index (χ2v) is 12.2. The first-order chi connectivity index (χ1) is 23.2. The van der Waals surface area contributed by atoms with Crippen LogP contribution in [0.4, 0.5) is 0 Å². The average molecular weight is 789 g/mol. The van der Waals surface area contributed by atoms with Gasteiger partial charge in [-0.1, -0.05) is 111 Å². The number of pyridine rings is 2. The Hall–Kier alpha value is -4.89. The molecule has 0 saturated heterocycles. The maximum absolute atomic E-state index is 8.56. The molecule has 8 rings (SSSR count). The molecule has 0 atom stereocenters. The standard InChI is InChI=1S/C32H26NO.C11H8N.Ir/c1-32(2,3)20-21-11-13-22(14-12-21)24-17-18-33-29(19-24)28-10-6-9-26-27-16-15-23-7-4-5-8-25(23)30(27)34-31(26)28;1-2-6-10(7-3-1)11-8-4-5-9-12-11;/h4-9,11-19H,20H2,1-3H3;1-6,8-9H;/q2*-1;/i20D2;;. The molecule has 0 aliphatic rings. The van der Waals surface area contributed by atoms with Crippen LogP contribution in [0.5, 0.6) is 0 Å². The fraction of sp³-hybridized carbons (Fsp3) is 0.116. The fourth-order valence-corrected chi connectivity index (χ4v) is 5.66. The van der Waals surface area contributed by atoms with Gasteiger partial charge in [0.05, 0.1) is 5.58 Å². The Balaban J connectivity index is 0.000000270. The molecular weight excluding hydrogens is 753 g/mol. The Morgan fingerprint density at radius 1 is 0.638 bits per heavy atom. The third kappa shape index (κ3) is 7.10. The Kier molecular flexibility index (Phi) is 8.69. The van der Waals surface area contributed by atoms with E-state index in [-0.39, 0.29) is 20.1 Å². The van der Waals surface area contributed by atoms with Crippen molar-refractivity contribution in [3.63, 3.8) is 0 Å². The minimum absolute atomic E-state index is 0. The van der Waals surface area contributed by atoms with E-state index >= 15 is 0 Å². The Bertz CT molecular complexity index is 2310. The van der Waals surface area contributed by atoms with E-state index < -0.39 is 11.8 Å². The van der Waals surface area contributed by atoms with Gasteiger partial charge in [0.2, 0.25) is 0 Å². The molecule has 0 fully saturated rings. The van der Waals surface area contributed by atoms with Crippen molar-refractivity contribution >= 4 is 32.7 Å². The van der Waals surface area contributed by atoms with E-state index in [0.29, 0.717) is 5.56 Å². The number of rotatable bonds is 4. The number of hydrogen-bond donors (Lipinski definition) is 0. The Labute approximate surface area is 292 Å². The number of hydrogen-bond acceptors (Lipinski definition) is 3. The summed E-state index contributed by atoms with van der Waals surface area (Å²) in [6.07, 6.45) is 2.17. The van der Waals surface area contributed by atoms with Gasteiger partial charge in [0.15, 0.2) is 0 Å². The van der Waals surface area contributed by atoms with Crippen LogP contribution in [0, 0.1) is 17.5 Å². The van der Waals surface area contributed by atoms with Gasteiger partial charge in [0, 0.05) is 46.0 Å². The zero-order valence-electron chi connectivity index (χ0n) is 28.4. The topological polar surface area (TPSA) is 38.9 Å². The molecule has 233 valence electrons. The third-order valence-corrected chi connectivity index (χ3v) is 7.73. The summed E-state index contributed by atoms with van der Waals surface area (Å²) in [7, 11) is 0. The zero-order valence-corrected chi connectivity index (χ0v) is 28.8. The number of furan rings is 1. The molecule has 1 radical (unpaired) electrons. The largest absolute Gasteiger partial charge is 0.500 e. The van der Waals surface area contributed by atoms with Crippen molar-refractivity contribution in [1.29, 1.82) is 0 Å². The van der Waals surface area contributed by atoms with Gasteiger partial charge in [-0.15, -0.1) is 54.1 Å². The summed E-state index contributed by atoms with van der Waals surface area (Å²) < 4.78 is 23.6. The Morgan fingerprint density at radius 3 is 2.17 bits per heavy atom. The van der Waals surface area contributed by atoms with E-state index in [4.69, 9.17) is 7.16 Å². The van der Waals surface area contributed by atoms with Crippen molar-refractivity contribution < 1.29 is 27.3 Å². The summed E-state index contributed by atoms with van der Waals surface area (Å²) in [5.74, 6) is 0. The number of aromatic nitrogens is 2. The van der Waals surface area contributed by atoms with E-state index in [2.05, 4.69) is 46.4 Å². The monoisotopic (exact) mass is 789 g/mol. The summed E-state index contributed by atoms with van der Waals surface area (Å²) in [4.78, 5) is 8.87. The van der Waals surface area contributed by atoms with E-state index in [1.165, 1.54) is 0 Å². The molecule has 0 unspecified atom stereocenters. The number of benzene rings is 5. The summed E-state index contributed by atoms with van der Waals surface area (Å²) in [6.45, 7) is 5.77. The molecule has 0 N–H and O–H groups in total. The first-order valence-electron chi connectivity index (χ1n) is 16.4. The van der Waals surface area contributed by atoms with Crippen LogP contribution >= 0.6 is 0 Å². The normalized spacial score (nSPS) is 12.1. The minimum atomic E-state index is -1.43. The van der Waals surface area contributed by atoms with Gasteiger partial charge in [-0.05, 0) is 57.4 Å². The van der Waals surface area contributed by atoms with Crippen LogP contribution in [0.1, 0.15) is 29.1 Å². The van der Waals surface area contributed by atoms with Crippen LogP contribution in [0.3, 0.4) is 0 Å². The molecule has 0 saturated carbocycles. The summed E-state index contributed by atoms with van der Waals surface area (Å²) in [5, 5.41) is 4.37. The van der Waals surface area contributed by atoms with Crippen LogP contribution in [0.25, 0.3) is 66.4 Å². The zero-order chi connectivity index (χ0) is 33.3. The molecule has 4 heteroatoms. The first-order valence-corrected chi connectivity index (χ1v) is 15.4. The predicted octanol–water partition coefficient (Wildman–Crippen LogP) is 11.4. The van der Waals surface area contributed by atoms with Crippen LogP contribution in [0.15, 0.2) is 144 Å². The van der Waals surface area contributed by atoms with Crippen molar-refractivity contribution in [1.82, 2.24) is 9.97 Å². The van der Waals surface area contributed by atoms with Crippen LogP contribution in [0.2, 0.25) is 0 Å². The van der Waals surface area contributed by atoms with Gasteiger partial charge in [-0.25, -0.2) is 0 Å². The van der Waals surface area contributed by atoms with Crippen molar-refractivity contribution in [3.05, 3.63) is 157 Å². The van der Waals surface area contributed by atoms with Gasteiger partial charge in [0.1, 0.15) is 5.58 Å². The molecule has 5 aromatic carbocycles. The van der Waals surface area contributed by atoms with Gasteiger partial charge in [0.25, 0.3) is 0 Å². The molecule has 8 aromatic rings. The maximum Gasteiger partial charge on any atom is 0.128 e. The molecule has 3 aromatic heterocycles. The average Bonchev–Trinajstić information content (AvgIpc) is 3.52.